The molecule has 0 unspecified atom stereocenters. The number of carbonyl (C=O) groups excluding carboxylic acids is 1. The topological polar surface area (TPSA) is 64.8 Å². The molecule has 0 aliphatic carbocycles. The summed E-state index contributed by atoms with van der Waals surface area (Å²) in [5, 5.41) is 0. The van der Waals surface area contributed by atoms with Gasteiger partial charge in [0.15, 0.2) is 6.61 Å². The van der Waals surface area contributed by atoms with E-state index in [2.05, 4.69) is 0 Å². The van der Waals surface area contributed by atoms with Crippen molar-refractivity contribution < 1.29 is 14.3 Å². The van der Waals surface area contributed by atoms with Gasteiger partial charge in [-0.05, 0) is 25.1 Å². The fourth-order valence-corrected chi connectivity index (χ4v) is 1.76. The zero-order chi connectivity index (χ0) is 12.3. The Morgan fingerprint density at radius 2 is 2.35 bits per heavy atom. The lowest BCUT2D eigenvalue weighted by Crippen LogP contribution is -2.40. The molecule has 2 N–H and O–H groups in total. The summed E-state index contributed by atoms with van der Waals surface area (Å²) >= 11 is 0. The van der Waals surface area contributed by atoms with E-state index in [1.54, 1.807) is 23.1 Å². The molecule has 1 amide bonds. The molecule has 5 heteroatoms. The first-order valence-electron chi connectivity index (χ1n) is 5.63. The van der Waals surface area contributed by atoms with E-state index in [1.807, 2.05) is 6.92 Å². The van der Waals surface area contributed by atoms with Crippen LogP contribution in [0.15, 0.2) is 18.2 Å². The number of nitrogens with zero attached hydrogens (tertiary/aromatic N) is 1. The molecule has 17 heavy (non-hydrogen) atoms. The molecule has 1 heterocycles. The maximum Gasteiger partial charge on any atom is 0.265 e. The number of hydrogen-bond acceptors (Lipinski definition) is 4. The maximum absolute atomic E-state index is 11.8. The van der Waals surface area contributed by atoms with E-state index >= 15 is 0 Å². The number of ether oxygens (including phenoxy) is 2. The summed E-state index contributed by atoms with van der Waals surface area (Å²) in [7, 11) is 0. The van der Waals surface area contributed by atoms with Crippen LogP contribution in [0.4, 0.5) is 11.4 Å². The second-order valence-corrected chi connectivity index (χ2v) is 3.76. The maximum atomic E-state index is 11.8. The van der Waals surface area contributed by atoms with Crippen molar-refractivity contribution in [2.75, 3.05) is 37.0 Å². The van der Waals surface area contributed by atoms with Crippen LogP contribution in [0.1, 0.15) is 6.92 Å². The van der Waals surface area contributed by atoms with Gasteiger partial charge in [0.2, 0.25) is 0 Å². The average Bonchev–Trinajstić information content (AvgIpc) is 2.32. The van der Waals surface area contributed by atoms with Gasteiger partial charge in [-0.1, -0.05) is 0 Å². The van der Waals surface area contributed by atoms with E-state index in [1.165, 1.54) is 0 Å². The molecule has 0 radical (unpaired) electrons. The monoisotopic (exact) mass is 236 g/mol. The zero-order valence-electron chi connectivity index (χ0n) is 9.81. The minimum absolute atomic E-state index is 0.0668. The van der Waals surface area contributed by atoms with Gasteiger partial charge in [-0.2, -0.15) is 0 Å². The second kappa shape index (κ2) is 5.05. The smallest absolute Gasteiger partial charge is 0.265 e. The molecule has 1 aromatic rings. The van der Waals surface area contributed by atoms with Gasteiger partial charge in [-0.15, -0.1) is 0 Å². The molecular weight excluding hydrogens is 220 g/mol. The summed E-state index contributed by atoms with van der Waals surface area (Å²) in [5.41, 5.74) is 7.06. The van der Waals surface area contributed by atoms with Gasteiger partial charge >= 0.3 is 0 Å². The standard InChI is InChI=1S/C12H16N2O3/c1-2-16-6-5-14-10-7-9(13)3-4-11(10)17-8-12(14)15/h3-4,7H,2,5-6,8,13H2,1H3. The number of fused-ring (bicyclic) bond motifs is 1. The highest BCUT2D eigenvalue weighted by Gasteiger charge is 2.25. The van der Waals surface area contributed by atoms with Crippen molar-refractivity contribution in [3.8, 4) is 5.75 Å². The Bertz CT molecular complexity index is 420. The molecular formula is C12H16N2O3. The molecule has 0 atom stereocenters. The summed E-state index contributed by atoms with van der Waals surface area (Å²) in [6, 6.07) is 5.29. The third kappa shape index (κ3) is 2.50. The van der Waals surface area contributed by atoms with Crippen molar-refractivity contribution >= 4 is 17.3 Å². The molecule has 0 spiro atoms. The van der Waals surface area contributed by atoms with Crippen LogP contribution in [0.2, 0.25) is 0 Å². The predicted octanol–water partition coefficient (Wildman–Crippen LogP) is 1.03. The largest absolute Gasteiger partial charge is 0.482 e. The first kappa shape index (κ1) is 11.7. The molecule has 0 fully saturated rings. The highest BCUT2D eigenvalue weighted by molar-refractivity contribution is 5.98. The molecule has 1 aliphatic rings. The average molecular weight is 236 g/mol. The minimum atomic E-state index is -0.0668. The third-order valence-corrected chi connectivity index (χ3v) is 2.59. The van der Waals surface area contributed by atoms with E-state index in [9.17, 15) is 4.79 Å². The van der Waals surface area contributed by atoms with Crippen molar-refractivity contribution in [2.45, 2.75) is 6.92 Å². The van der Waals surface area contributed by atoms with E-state index < -0.39 is 0 Å². The number of amides is 1. The number of anilines is 2. The molecule has 0 bridgehead atoms. The van der Waals surface area contributed by atoms with Gasteiger partial charge in [0, 0.05) is 18.8 Å². The second-order valence-electron chi connectivity index (χ2n) is 3.76. The Balaban J connectivity index is 2.20. The quantitative estimate of drug-likeness (QED) is 0.626. The van der Waals surface area contributed by atoms with Crippen LogP contribution >= 0.6 is 0 Å². The van der Waals surface area contributed by atoms with Gasteiger partial charge < -0.3 is 20.1 Å². The number of benzene rings is 1. The van der Waals surface area contributed by atoms with Gasteiger partial charge in [0.05, 0.1) is 12.3 Å². The molecule has 5 nitrogen and oxygen atoms in total. The summed E-state index contributed by atoms with van der Waals surface area (Å²) in [6.45, 7) is 3.67. The van der Waals surface area contributed by atoms with E-state index in [0.29, 0.717) is 31.2 Å². The van der Waals surface area contributed by atoms with Gasteiger partial charge in [0.25, 0.3) is 5.91 Å². The van der Waals surface area contributed by atoms with Crippen LogP contribution in [-0.4, -0.2) is 32.3 Å². The minimum Gasteiger partial charge on any atom is -0.482 e. The zero-order valence-corrected chi connectivity index (χ0v) is 9.81. The van der Waals surface area contributed by atoms with Crippen LogP contribution < -0.4 is 15.4 Å². The van der Waals surface area contributed by atoms with Crippen LogP contribution in [0.5, 0.6) is 5.75 Å². The van der Waals surface area contributed by atoms with E-state index in [4.69, 9.17) is 15.2 Å². The Hall–Kier alpha value is -1.75. The van der Waals surface area contributed by atoms with E-state index in [0.717, 1.165) is 5.69 Å². The van der Waals surface area contributed by atoms with Crippen LogP contribution in [0.25, 0.3) is 0 Å². The van der Waals surface area contributed by atoms with Crippen molar-refractivity contribution in [3.63, 3.8) is 0 Å². The lowest BCUT2D eigenvalue weighted by Gasteiger charge is -2.29. The number of nitrogens with two attached hydrogens (primary N) is 1. The van der Waals surface area contributed by atoms with Gasteiger partial charge in [0.1, 0.15) is 5.75 Å². The Labute approximate surface area is 100 Å². The number of rotatable bonds is 4. The van der Waals surface area contributed by atoms with Crippen molar-refractivity contribution in [3.05, 3.63) is 18.2 Å². The fourth-order valence-electron chi connectivity index (χ4n) is 1.76. The van der Waals surface area contributed by atoms with Gasteiger partial charge in [-0.3, -0.25) is 4.79 Å². The molecule has 1 aliphatic heterocycles. The summed E-state index contributed by atoms with van der Waals surface area (Å²) in [4.78, 5) is 13.4. The highest BCUT2D eigenvalue weighted by Crippen LogP contribution is 2.33. The molecule has 0 aromatic heterocycles. The van der Waals surface area contributed by atoms with E-state index in [-0.39, 0.29) is 12.5 Å². The molecule has 0 saturated heterocycles. The third-order valence-electron chi connectivity index (χ3n) is 2.59. The summed E-state index contributed by atoms with van der Waals surface area (Å²) < 4.78 is 10.6. The number of nitrogen functional groups attached to an aromatic ring is 1. The predicted molar refractivity (Wildman–Crippen MR) is 65.2 cm³/mol. The molecule has 92 valence electrons. The summed E-state index contributed by atoms with van der Waals surface area (Å²) in [6.07, 6.45) is 0. The first-order chi connectivity index (χ1) is 8.22. The molecule has 2 rings (SSSR count). The first-order valence-corrected chi connectivity index (χ1v) is 5.63. The lowest BCUT2D eigenvalue weighted by molar-refractivity contribution is -0.121. The van der Waals surface area contributed by atoms with Crippen molar-refractivity contribution in [1.29, 1.82) is 0 Å². The number of carbonyl (C=O) groups is 1. The van der Waals surface area contributed by atoms with Crippen LogP contribution in [-0.2, 0) is 9.53 Å². The Kier molecular flexibility index (Phi) is 3.49. The highest BCUT2D eigenvalue weighted by atomic mass is 16.5. The van der Waals surface area contributed by atoms with Crippen molar-refractivity contribution in [1.82, 2.24) is 0 Å². The van der Waals surface area contributed by atoms with Crippen LogP contribution in [0, 0.1) is 0 Å². The summed E-state index contributed by atoms with van der Waals surface area (Å²) in [5.74, 6) is 0.623. The van der Waals surface area contributed by atoms with Crippen molar-refractivity contribution in [2.24, 2.45) is 0 Å². The normalized spacial score (nSPS) is 14.4. The molecule has 1 aromatic carbocycles. The fraction of sp³-hybridized carbons (Fsp3) is 0.417. The SMILES string of the molecule is CCOCCN1C(=O)COc2ccc(N)cc21. The Morgan fingerprint density at radius 3 is 3.12 bits per heavy atom. The van der Waals surface area contributed by atoms with Gasteiger partial charge in [-0.25, -0.2) is 0 Å². The molecule has 0 saturated carbocycles. The lowest BCUT2D eigenvalue weighted by atomic mass is 10.2. The Morgan fingerprint density at radius 1 is 1.53 bits per heavy atom. The number of hydrogen-bond donors (Lipinski definition) is 1. The van der Waals surface area contributed by atoms with Crippen LogP contribution in [0.3, 0.4) is 0 Å².